The summed E-state index contributed by atoms with van der Waals surface area (Å²) in [4.78, 5) is 0. The van der Waals surface area contributed by atoms with E-state index in [1.54, 1.807) is 11.1 Å². The van der Waals surface area contributed by atoms with Crippen LogP contribution in [0.2, 0.25) is 0 Å². The highest BCUT2D eigenvalue weighted by atomic mass is 14.3. The fourth-order valence-electron chi connectivity index (χ4n) is 2.80. The molecule has 0 saturated heterocycles. The number of hydrogen-bond donors (Lipinski definition) is 0. The van der Waals surface area contributed by atoms with Gasteiger partial charge in [-0.2, -0.15) is 0 Å². The number of rotatable bonds is 2. The van der Waals surface area contributed by atoms with Gasteiger partial charge in [-0.05, 0) is 42.7 Å². The number of fused-ring (bicyclic) bond motifs is 1. The summed E-state index contributed by atoms with van der Waals surface area (Å²) in [5.74, 6) is 1.62. The Morgan fingerprint density at radius 1 is 1.29 bits per heavy atom. The molecule has 0 radical (unpaired) electrons. The first-order valence-corrected chi connectivity index (χ1v) is 5.82. The van der Waals surface area contributed by atoms with Gasteiger partial charge in [0.05, 0.1) is 0 Å². The van der Waals surface area contributed by atoms with Gasteiger partial charge in [-0.15, -0.1) is 0 Å². The minimum atomic E-state index is 0.779. The fraction of sp³-hybridized carbons (Fsp3) is 0.571. The summed E-state index contributed by atoms with van der Waals surface area (Å²) >= 11 is 0. The predicted octanol–water partition coefficient (Wildman–Crippen LogP) is 4.39. The maximum absolute atomic E-state index is 2.38. The molecule has 76 valence electrons. The summed E-state index contributed by atoms with van der Waals surface area (Å²) in [5, 5.41) is 0. The summed E-state index contributed by atoms with van der Waals surface area (Å²) in [6.45, 7) is 6.85. The quantitative estimate of drug-likeness (QED) is 0.646. The molecule has 0 aliphatic heterocycles. The van der Waals surface area contributed by atoms with Gasteiger partial charge in [-0.3, -0.25) is 0 Å². The molecular formula is C14H20. The van der Waals surface area contributed by atoms with Crippen molar-refractivity contribution in [2.45, 2.75) is 51.9 Å². The van der Waals surface area contributed by atoms with Crippen LogP contribution in [0.25, 0.3) is 0 Å². The van der Waals surface area contributed by atoms with Gasteiger partial charge in [0.1, 0.15) is 0 Å². The topological polar surface area (TPSA) is 0 Å². The molecule has 1 aromatic carbocycles. The minimum absolute atomic E-state index is 0.779. The maximum atomic E-state index is 2.38. The third kappa shape index (κ3) is 1.58. The van der Waals surface area contributed by atoms with Crippen LogP contribution in [-0.4, -0.2) is 0 Å². The Bertz CT molecular complexity index is 325. The van der Waals surface area contributed by atoms with E-state index in [4.69, 9.17) is 0 Å². The lowest BCUT2D eigenvalue weighted by molar-refractivity contribution is 0.570. The van der Waals surface area contributed by atoms with Crippen molar-refractivity contribution >= 4 is 0 Å². The number of hydrogen-bond acceptors (Lipinski definition) is 0. The van der Waals surface area contributed by atoms with Crippen molar-refractivity contribution in [2.24, 2.45) is 0 Å². The molecule has 0 fully saturated rings. The molecule has 0 bridgehead atoms. The van der Waals surface area contributed by atoms with Gasteiger partial charge >= 0.3 is 0 Å². The van der Waals surface area contributed by atoms with Crippen LogP contribution in [0.15, 0.2) is 18.2 Å². The van der Waals surface area contributed by atoms with Crippen LogP contribution in [0.5, 0.6) is 0 Å². The lowest BCUT2D eigenvalue weighted by Crippen LogP contribution is -1.92. The van der Waals surface area contributed by atoms with E-state index in [9.17, 15) is 0 Å². The van der Waals surface area contributed by atoms with E-state index < -0.39 is 0 Å². The van der Waals surface area contributed by atoms with Gasteiger partial charge in [0, 0.05) is 0 Å². The van der Waals surface area contributed by atoms with Gasteiger partial charge in [-0.1, -0.05) is 44.0 Å². The number of aryl methyl sites for hydroxylation is 1. The molecule has 0 aromatic heterocycles. The standard InChI is InChI=1S/C14H20/c1-4-5-12-9-11(3)14-8-10(2)6-7-13(12)14/h6-8,11-12H,4-5,9H2,1-3H3. The highest BCUT2D eigenvalue weighted by molar-refractivity contribution is 5.40. The van der Waals surface area contributed by atoms with E-state index in [-0.39, 0.29) is 0 Å². The average Bonchev–Trinajstić information content (AvgIpc) is 2.44. The molecule has 1 aliphatic carbocycles. The Hall–Kier alpha value is -0.780. The minimum Gasteiger partial charge on any atom is -0.0654 e. The zero-order valence-corrected chi connectivity index (χ0v) is 9.51. The van der Waals surface area contributed by atoms with Gasteiger partial charge in [-0.25, -0.2) is 0 Å². The summed E-state index contributed by atoms with van der Waals surface area (Å²) in [7, 11) is 0. The third-order valence-electron chi connectivity index (χ3n) is 3.49. The third-order valence-corrected chi connectivity index (χ3v) is 3.49. The van der Waals surface area contributed by atoms with E-state index in [0.29, 0.717) is 0 Å². The van der Waals surface area contributed by atoms with E-state index in [2.05, 4.69) is 39.0 Å². The largest absolute Gasteiger partial charge is 0.0654 e. The van der Waals surface area contributed by atoms with E-state index in [0.717, 1.165) is 11.8 Å². The summed E-state index contributed by atoms with van der Waals surface area (Å²) in [6, 6.07) is 7.00. The van der Waals surface area contributed by atoms with E-state index in [1.165, 1.54) is 24.8 Å². The van der Waals surface area contributed by atoms with Crippen LogP contribution in [-0.2, 0) is 0 Å². The Morgan fingerprint density at radius 2 is 2.07 bits per heavy atom. The second-order valence-corrected chi connectivity index (χ2v) is 4.75. The van der Waals surface area contributed by atoms with Crippen molar-refractivity contribution in [1.29, 1.82) is 0 Å². The molecule has 0 amide bonds. The molecule has 0 nitrogen and oxygen atoms in total. The Balaban J connectivity index is 2.34. The molecule has 0 heterocycles. The van der Waals surface area contributed by atoms with E-state index >= 15 is 0 Å². The first kappa shape index (κ1) is 9.76. The SMILES string of the molecule is CCCC1CC(C)c2cc(C)ccc21. The molecule has 1 aromatic rings. The molecule has 14 heavy (non-hydrogen) atoms. The van der Waals surface area contributed by atoms with Gasteiger partial charge in [0.2, 0.25) is 0 Å². The molecule has 0 saturated carbocycles. The van der Waals surface area contributed by atoms with E-state index in [1.807, 2.05) is 0 Å². The summed E-state index contributed by atoms with van der Waals surface area (Å²) < 4.78 is 0. The van der Waals surface area contributed by atoms with Gasteiger partial charge in [0.15, 0.2) is 0 Å². The van der Waals surface area contributed by atoms with Crippen molar-refractivity contribution in [3.8, 4) is 0 Å². The first-order valence-electron chi connectivity index (χ1n) is 5.82. The Labute approximate surface area is 87.3 Å². The van der Waals surface area contributed by atoms with Gasteiger partial charge < -0.3 is 0 Å². The van der Waals surface area contributed by atoms with Crippen molar-refractivity contribution in [3.63, 3.8) is 0 Å². The van der Waals surface area contributed by atoms with Crippen LogP contribution in [0.3, 0.4) is 0 Å². The Kier molecular flexibility index (Phi) is 2.62. The van der Waals surface area contributed by atoms with Crippen LogP contribution in [0.4, 0.5) is 0 Å². The lowest BCUT2D eigenvalue weighted by Gasteiger charge is -2.09. The number of benzene rings is 1. The molecule has 2 atom stereocenters. The van der Waals surface area contributed by atoms with Crippen molar-refractivity contribution in [3.05, 3.63) is 34.9 Å². The molecular weight excluding hydrogens is 168 g/mol. The van der Waals surface area contributed by atoms with Crippen molar-refractivity contribution in [2.75, 3.05) is 0 Å². The van der Waals surface area contributed by atoms with Crippen LogP contribution < -0.4 is 0 Å². The highest BCUT2D eigenvalue weighted by Gasteiger charge is 2.26. The normalized spacial score (nSPS) is 25.1. The molecule has 0 N–H and O–H groups in total. The monoisotopic (exact) mass is 188 g/mol. The van der Waals surface area contributed by atoms with Gasteiger partial charge in [0.25, 0.3) is 0 Å². The zero-order valence-electron chi connectivity index (χ0n) is 9.51. The molecule has 0 spiro atoms. The van der Waals surface area contributed by atoms with Crippen molar-refractivity contribution in [1.82, 2.24) is 0 Å². The smallest absolute Gasteiger partial charge is 0.0154 e. The molecule has 1 aliphatic rings. The van der Waals surface area contributed by atoms with Crippen molar-refractivity contribution < 1.29 is 0 Å². The summed E-state index contributed by atoms with van der Waals surface area (Å²) in [5.41, 5.74) is 4.65. The molecule has 2 unspecified atom stereocenters. The zero-order chi connectivity index (χ0) is 10.1. The van der Waals surface area contributed by atoms with Crippen LogP contribution in [0.1, 0.15) is 61.6 Å². The maximum Gasteiger partial charge on any atom is -0.0154 e. The molecule has 0 heteroatoms. The molecule has 2 rings (SSSR count). The highest BCUT2D eigenvalue weighted by Crippen LogP contribution is 2.43. The van der Waals surface area contributed by atoms with Crippen LogP contribution >= 0.6 is 0 Å². The lowest BCUT2D eigenvalue weighted by atomic mass is 9.96. The predicted molar refractivity (Wildman–Crippen MR) is 61.9 cm³/mol. The second kappa shape index (κ2) is 3.76. The fourth-order valence-corrected chi connectivity index (χ4v) is 2.80. The average molecular weight is 188 g/mol. The Morgan fingerprint density at radius 3 is 2.79 bits per heavy atom. The van der Waals surface area contributed by atoms with Crippen LogP contribution in [0, 0.1) is 6.92 Å². The first-order chi connectivity index (χ1) is 6.72. The second-order valence-electron chi connectivity index (χ2n) is 4.75. The summed E-state index contributed by atoms with van der Waals surface area (Å²) in [6.07, 6.45) is 4.04.